The van der Waals surface area contributed by atoms with Crippen LogP contribution in [0.25, 0.3) is 0 Å². The Kier molecular flexibility index (Phi) is 6.78. The average Bonchev–Trinajstić information content (AvgIpc) is 3.36. The standard InChI is InChI=1S/C22H21F2N5O3S/c1-14-18(19(30)26-12-16-3-2-8-25-11-16)33-21(27-14)29-10-9-28(22(29)31)13-15-4-6-17(7-5-15)32-20(23)24/h2-8,11,20H,9-10,12-13H2,1H3,(H,26,30). The lowest BCUT2D eigenvalue weighted by atomic mass is 10.2. The van der Waals surface area contributed by atoms with Crippen molar-refractivity contribution in [3.63, 3.8) is 0 Å². The number of alkyl halides is 2. The highest BCUT2D eigenvalue weighted by Gasteiger charge is 2.32. The Morgan fingerprint density at radius 3 is 2.70 bits per heavy atom. The maximum atomic E-state index is 12.9. The van der Waals surface area contributed by atoms with E-state index in [1.165, 1.54) is 23.5 Å². The molecule has 1 saturated heterocycles. The molecule has 1 aromatic carbocycles. The van der Waals surface area contributed by atoms with Crippen LogP contribution < -0.4 is 15.0 Å². The largest absolute Gasteiger partial charge is 0.435 e. The lowest BCUT2D eigenvalue weighted by molar-refractivity contribution is -0.0498. The minimum absolute atomic E-state index is 0.0655. The van der Waals surface area contributed by atoms with Gasteiger partial charge in [-0.05, 0) is 36.2 Å². The number of pyridine rings is 1. The van der Waals surface area contributed by atoms with Gasteiger partial charge >= 0.3 is 12.6 Å². The van der Waals surface area contributed by atoms with Crippen molar-refractivity contribution >= 4 is 28.4 Å². The van der Waals surface area contributed by atoms with Crippen LogP contribution in [0.15, 0.2) is 48.8 Å². The first-order chi connectivity index (χ1) is 15.9. The number of halogens is 2. The molecule has 3 aromatic rings. The van der Waals surface area contributed by atoms with Crippen LogP contribution in [0.1, 0.15) is 26.5 Å². The Morgan fingerprint density at radius 2 is 2.00 bits per heavy atom. The molecular formula is C22H21F2N5O3S. The van der Waals surface area contributed by atoms with E-state index >= 15 is 0 Å². The minimum atomic E-state index is -2.88. The van der Waals surface area contributed by atoms with E-state index in [-0.39, 0.29) is 17.7 Å². The summed E-state index contributed by atoms with van der Waals surface area (Å²) < 4.78 is 28.9. The third kappa shape index (κ3) is 5.43. The minimum Gasteiger partial charge on any atom is -0.435 e. The van der Waals surface area contributed by atoms with Crippen molar-refractivity contribution in [1.82, 2.24) is 20.2 Å². The lowest BCUT2D eigenvalue weighted by Gasteiger charge is -2.17. The molecule has 2 aromatic heterocycles. The van der Waals surface area contributed by atoms with Gasteiger partial charge in [0.1, 0.15) is 10.6 Å². The van der Waals surface area contributed by atoms with E-state index in [1.54, 1.807) is 47.3 Å². The van der Waals surface area contributed by atoms with Gasteiger partial charge in [-0.25, -0.2) is 9.78 Å². The monoisotopic (exact) mass is 473 g/mol. The zero-order valence-electron chi connectivity index (χ0n) is 17.7. The van der Waals surface area contributed by atoms with Gasteiger partial charge in [0.2, 0.25) is 0 Å². The van der Waals surface area contributed by atoms with Crippen molar-refractivity contribution in [3.05, 3.63) is 70.5 Å². The van der Waals surface area contributed by atoms with Crippen molar-refractivity contribution in [2.45, 2.75) is 26.6 Å². The Bertz CT molecular complexity index is 1120. The predicted octanol–water partition coefficient (Wildman–Crippen LogP) is 3.82. The molecule has 11 heteroatoms. The number of amides is 3. The zero-order chi connectivity index (χ0) is 23.4. The molecule has 0 saturated carbocycles. The van der Waals surface area contributed by atoms with Gasteiger partial charge in [-0.15, -0.1) is 0 Å². The highest BCUT2D eigenvalue weighted by molar-refractivity contribution is 7.17. The summed E-state index contributed by atoms with van der Waals surface area (Å²) in [5.74, 6) is -0.189. The smallest absolute Gasteiger partial charge is 0.387 e. The normalized spacial score (nSPS) is 13.6. The molecule has 0 atom stereocenters. The third-order valence-electron chi connectivity index (χ3n) is 5.02. The molecule has 33 heavy (non-hydrogen) atoms. The van der Waals surface area contributed by atoms with Crippen molar-refractivity contribution in [2.24, 2.45) is 0 Å². The molecule has 172 valence electrons. The Labute approximate surface area is 192 Å². The van der Waals surface area contributed by atoms with Crippen molar-refractivity contribution < 1.29 is 23.1 Å². The average molecular weight is 474 g/mol. The Balaban J connectivity index is 1.38. The molecule has 0 aliphatic carbocycles. The van der Waals surface area contributed by atoms with E-state index < -0.39 is 6.61 Å². The first kappa shape index (κ1) is 22.6. The Morgan fingerprint density at radius 1 is 1.21 bits per heavy atom. The molecule has 1 N–H and O–H groups in total. The maximum absolute atomic E-state index is 12.9. The van der Waals surface area contributed by atoms with Gasteiger partial charge in [-0.1, -0.05) is 29.5 Å². The highest BCUT2D eigenvalue weighted by Crippen LogP contribution is 2.29. The van der Waals surface area contributed by atoms with Crippen molar-refractivity contribution in [1.29, 1.82) is 0 Å². The van der Waals surface area contributed by atoms with Crippen LogP contribution in [-0.2, 0) is 13.1 Å². The second-order valence-corrected chi connectivity index (χ2v) is 8.31. The summed E-state index contributed by atoms with van der Waals surface area (Å²) in [6.07, 6.45) is 3.35. The van der Waals surface area contributed by atoms with Crippen LogP contribution in [0, 0.1) is 6.92 Å². The van der Waals surface area contributed by atoms with Crippen LogP contribution >= 0.6 is 11.3 Å². The molecule has 3 amide bonds. The number of carbonyl (C=O) groups excluding carboxylic acids is 2. The number of nitrogens with zero attached hydrogens (tertiary/aromatic N) is 4. The summed E-state index contributed by atoms with van der Waals surface area (Å²) in [6.45, 7) is 0.447. The van der Waals surface area contributed by atoms with Crippen molar-refractivity contribution in [3.8, 4) is 5.75 Å². The van der Waals surface area contributed by atoms with E-state index in [2.05, 4.69) is 20.0 Å². The first-order valence-electron chi connectivity index (χ1n) is 10.2. The van der Waals surface area contributed by atoms with E-state index in [0.717, 1.165) is 11.1 Å². The lowest BCUT2D eigenvalue weighted by Crippen LogP contribution is -2.31. The van der Waals surface area contributed by atoms with Crippen LogP contribution in [0.3, 0.4) is 0 Å². The first-order valence-corrected chi connectivity index (χ1v) is 11.0. The number of aromatic nitrogens is 2. The third-order valence-corrected chi connectivity index (χ3v) is 6.19. The molecule has 0 unspecified atom stereocenters. The van der Waals surface area contributed by atoms with Crippen LogP contribution in [0.4, 0.5) is 18.7 Å². The highest BCUT2D eigenvalue weighted by atomic mass is 32.1. The molecule has 1 aliphatic heterocycles. The number of anilines is 1. The number of thiazole rings is 1. The number of ether oxygens (including phenoxy) is 1. The van der Waals surface area contributed by atoms with Crippen LogP contribution in [0.5, 0.6) is 5.75 Å². The van der Waals surface area contributed by atoms with E-state index in [1.807, 2.05) is 6.07 Å². The van der Waals surface area contributed by atoms with Gasteiger partial charge in [0, 0.05) is 38.6 Å². The molecule has 1 fully saturated rings. The fourth-order valence-corrected chi connectivity index (χ4v) is 4.38. The van der Waals surface area contributed by atoms with Crippen LogP contribution in [-0.4, -0.2) is 46.5 Å². The van der Waals surface area contributed by atoms with E-state index in [9.17, 15) is 18.4 Å². The summed E-state index contributed by atoms with van der Waals surface area (Å²) in [4.78, 5) is 37.6. The topological polar surface area (TPSA) is 87.7 Å². The molecule has 0 bridgehead atoms. The summed E-state index contributed by atoms with van der Waals surface area (Å²) in [5, 5.41) is 3.31. The fraction of sp³-hybridized carbons (Fsp3) is 0.273. The number of hydrogen-bond acceptors (Lipinski definition) is 6. The van der Waals surface area contributed by atoms with Gasteiger partial charge in [0.05, 0.1) is 5.69 Å². The number of urea groups is 1. The summed E-state index contributed by atoms with van der Waals surface area (Å²) in [5.41, 5.74) is 2.23. The maximum Gasteiger partial charge on any atom is 0.387 e. The second kappa shape index (κ2) is 9.90. The summed E-state index contributed by atoms with van der Waals surface area (Å²) >= 11 is 1.17. The second-order valence-electron chi connectivity index (χ2n) is 7.33. The van der Waals surface area contributed by atoms with Crippen molar-refractivity contribution in [2.75, 3.05) is 18.0 Å². The number of nitrogens with one attached hydrogen (secondary N) is 1. The molecule has 0 radical (unpaired) electrons. The number of carbonyl (C=O) groups is 2. The van der Waals surface area contributed by atoms with Gasteiger partial charge < -0.3 is 15.0 Å². The van der Waals surface area contributed by atoms with Gasteiger partial charge in [-0.3, -0.25) is 14.7 Å². The zero-order valence-corrected chi connectivity index (χ0v) is 18.5. The van der Waals surface area contributed by atoms with Crippen LogP contribution in [0.2, 0.25) is 0 Å². The van der Waals surface area contributed by atoms with E-state index in [4.69, 9.17) is 0 Å². The van der Waals surface area contributed by atoms with E-state index in [0.29, 0.717) is 41.9 Å². The quantitative estimate of drug-likeness (QED) is 0.538. The SMILES string of the molecule is Cc1nc(N2CCN(Cc3ccc(OC(F)F)cc3)C2=O)sc1C(=O)NCc1cccnc1. The predicted molar refractivity (Wildman–Crippen MR) is 118 cm³/mol. The molecule has 3 heterocycles. The van der Waals surface area contributed by atoms with Gasteiger partial charge in [0.15, 0.2) is 5.13 Å². The fourth-order valence-electron chi connectivity index (χ4n) is 3.38. The molecule has 4 rings (SSSR count). The summed E-state index contributed by atoms with van der Waals surface area (Å²) in [7, 11) is 0. The number of hydrogen-bond donors (Lipinski definition) is 1. The number of aryl methyl sites for hydroxylation is 1. The van der Waals surface area contributed by atoms with Gasteiger partial charge in [-0.2, -0.15) is 8.78 Å². The molecule has 1 aliphatic rings. The molecular weight excluding hydrogens is 452 g/mol. The number of rotatable bonds is 8. The molecule has 0 spiro atoms. The van der Waals surface area contributed by atoms with Gasteiger partial charge in [0.25, 0.3) is 5.91 Å². The molecule has 8 nitrogen and oxygen atoms in total. The number of benzene rings is 1. The Hall–Kier alpha value is -3.60. The summed E-state index contributed by atoms with van der Waals surface area (Å²) in [6, 6.07) is 9.63.